The van der Waals surface area contributed by atoms with E-state index in [9.17, 15) is 14.9 Å². The summed E-state index contributed by atoms with van der Waals surface area (Å²) < 4.78 is 47.8. The molecule has 1 N–H and O–H groups in total. The number of amides is 1. The number of carbonyl (C=O) groups excluding carboxylic acids is 1. The van der Waals surface area contributed by atoms with Crippen molar-refractivity contribution in [3.8, 4) is 23.3 Å². The second-order valence-electron chi connectivity index (χ2n) is 17.5. The molecule has 5 aromatic rings. The van der Waals surface area contributed by atoms with Crippen molar-refractivity contribution < 1.29 is 37.5 Å². The SMILES string of the molecule is COc1ccc(C(OC[C@H]2O[C@@H](n3ccc(NC(=O)COc4ccc(C(C)(C)C)cc4)nc3=O)C[C@@H]2OP(OCCC#N)N(C(C)C)C(C)C)(c2ccccc2)c2ccc(OC)cc2)cc1. The first kappa shape index (κ1) is 49.8. The molecular weight excluding hydrogens is 858 g/mol. The van der Waals surface area contributed by atoms with E-state index in [0.29, 0.717) is 17.2 Å². The molecule has 4 atom stereocenters. The molecule has 1 unspecified atom stereocenters. The van der Waals surface area contributed by atoms with E-state index in [-0.39, 0.29) is 56.0 Å². The first-order valence-corrected chi connectivity index (χ1v) is 23.3. The summed E-state index contributed by atoms with van der Waals surface area (Å²) in [6.07, 6.45) is -0.246. The maximum absolute atomic E-state index is 13.8. The van der Waals surface area contributed by atoms with Gasteiger partial charge in [0.15, 0.2) is 6.61 Å². The van der Waals surface area contributed by atoms with Crippen LogP contribution >= 0.6 is 8.53 Å². The highest BCUT2D eigenvalue weighted by Crippen LogP contribution is 2.51. The third kappa shape index (κ3) is 12.2. The monoisotopic (exact) mass is 919 g/mol. The van der Waals surface area contributed by atoms with Gasteiger partial charge in [0.2, 0.25) is 0 Å². The molecule has 0 saturated carbocycles. The number of carbonyl (C=O) groups is 1. The zero-order valence-corrected chi connectivity index (χ0v) is 40.2. The molecule has 1 aliphatic heterocycles. The van der Waals surface area contributed by atoms with Crippen molar-refractivity contribution in [2.24, 2.45) is 0 Å². The number of nitrogens with one attached hydrogen (secondary N) is 1. The van der Waals surface area contributed by atoms with Gasteiger partial charge < -0.3 is 38.0 Å². The van der Waals surface area contributed by atoms with Gasteiger partial charge in [0.1, 0.15) is 41.0 Å². The number of hydrogen-bond donors (Lipinski definition) is 1. The molecule has 1 amide bonds. The van der Waals surface area contributed by atoms with Crippen molar-refractivity contribution in [2.45, 2.75) is 103 Å². The quantitative estimate of drug-likeness (QED) is 0.0423. The zero-order valence-electron chi connectivity index (χ0n) is 39.3. The Morgan fingerprint density at radius 1 is 0.848 bits per heavy atom. The van der Waals surface area contributed by atoms with Gasteiger partial charge in [-0.15, -0.1) is 0 Å². The lowest BCUT2D eigenvalue weighted by atomic mass is 9.80. The van der Waals surface area contributed by atoms with E-state index < -0.39 is 44.2 Å². The smallest absolute Gasteiger partial charge is 0.351 e. The molecule has 2 heterocycles. The molecule has 1 fully saturated rings. The minimum Gasteiger partial charge on any atom is -0.497 e. The maximum Gasteiger partial charge on any atom is 0.351 e. The summed E-state index contributed by atoms with van der Waals surface area (Å²) in [5.74, 6) is 1.53. The number of benzene rings is 4. The van der Waals surface area contributed by atoms with Crippen LogP contribution in [0, 0.1) is 11.3 Å². The molecular formula is C51H62N5O9P. The molecule has 15 heteroatoms. The minimum atomic E-state index is -1.72. The first-order chi connectivity index (χ1) is 31.7. The molecule has 6 rings (SSSR count). The maximum atomic E-state index is 13.8. The van der Waals surface area contributed by atoms with Crippen LogP contribution in [0.15, 0.2) is 120 Å². The zero-order chi connectivity index (χ0) is 47.4. The van der Waals surface area contributed by atoms with Gasteiger partial charge in [0, 0.05) is 24.7 Å². The topological polar surface area (TPSA) is 156 Å². The molecule has 4 aromatic carbocycles. The summed E-state index contributed by atoms with van der Waals surface area (Å²) in [6, 6.07) is 36.9. The summed E-state index contributed by atoms with van der Waals surface area (Å²) in [5, 5.41) is 12.1. The number of methoxy groups -OCH3 is 2. The lowest BCUT2D eigenvalue weighted by molar-refractivity contribution is -0.118. The van der Waals surface area contributed by atoms with E-state index >= 15 is 0 Å². The van der Waals surface area contributed by atoms with E-state index in [1.165, 1.54) is 4.57 Å². The lowest BCUT2D eigenvalue weighted by Gasteiger charge is -2.39. The molecule has 0 radical (unpaired) electrons. The fraction of sp³-hybridized carbons (Fsp3) is 0.412. The van der Waals surface area contributed by atoms with Crippen LogP contribution in [0.1, 0.15) is 89.8 Å². The highest BCUT2D eigenvalue weighted by molar-refractivity contribution is 7.44. The second-order valence-corrected chi connectivity index (χ2v) is 18.9. The van der Waals surface area contributed by atoms with Crippen molar-refractivity contribution in [1.29, 1.82) is 5.26 Å². The van der Waals surface area contributed by atoms with Gasteiger partial charge in [-0.05, 0) is 97.8 Å². The molecule has 14 nitrogen and oxygen atoms in total. The van der Waals surface area contributed by atoms with Gasteiger partial charge >= 0.3 is 5.69 Å². The summed E-state index contributed by atoms with van der Waals surface area (Å²) in [6.45, 7) is 14.6. The Kier molecular flexibility index (Phi) is 17.1. The van der Waals surface area contributed by atoms with Crippen molar-refractivity contribution in [1.82, 2.24) is 14.2 Å². The molecule has 0 bridgehead atoms. The van der Waals surface area contributed by atoms with Crippen LogP contribution in [0.5, 0.6) is 17.2 Å². The van der Waals surface area contributed by atoms with Crippen molar-refractivity contribution in [3.63, 3.8) is 0 Å². The lowest BCUT2D eigenvalue weighted by Crippen LogP contribution is -2.39. The van der Waals surface area contributed by atoms with Gasteiger partial charge in [-0.3, -0.25) is 9.36 Å². The van der Waals surface area contributed by atoms with Crippen molar-refractivity contribution >= 4 is 20.3 Å². The van der Waals surface area contributed by atoms with Crippen LogP contribution in [0.2, 0.25) is 0 Å². The van der Waals surface area contributed by atoms with E-state index in [0.717, 1.165) is 22.3 Å². The van der Waals surface area contributed by atoms with Gasteiger partial charge in [0.25, 0.3) is 14.4 Å². The van der Waals surface area contributed by atoms with Gasteiger partial charge in [-0.25, -0.2) is 9.46 Å². The Morgan fingerprint density at radius 3 is 1.94 bits per heavy atom. The number of nitrogens with zero attached hydrogens (tertiary/aromatic N) is 4. The van der Waals surface area contributed by atoms with Crippen LogP contribution < -0.4 is 25.2 Å². The third-order valence-corrected chi connectivity index (χ3v) is 13.4. The van der Waals surface area contributed by atoms with Crippen LogP contribution in [0.4, 0.5) is 5.82 Å². The molecule has 350 valence electrons. The van der Waals surface area contributed by atoms with Gasteiger partial charge in [-0.1, -0.05) is 87.5 Å². The minimum absolute atomic E-state index is 0.00803. The number of nitriles is 1. The number of hydrogen-bond acceptors (Lipinski definition) is 12. The molecule has 1 saturated heterocycles. The second kappa shape index (κ2) is 22.7. The molecule has 0 aliphatic carbocycles. The van der Waals surface area contributed by atoms with E-state index in [2.05, 4.69) is 69.5 Å². The highest BCUT2D eigenvalue weighted by atomic mass is 31.2. The summed E-state index contributed by atoms with van der Waals surface area (Å²) in [5.41, 5.74) is 1.86. The fourth-order valence-electron chi connectivity index (χ4n) is 7.90. The summed E-state index contributed by atoms with van der Waals surface area (Å²) >= 11 is 0. The number of anilines is 1. The standard InChI is InChI=1S/C51H62N5O9P/c1-35(2)56(36(3)4)66(63-31-13-29-52)65-44-32-48(55-30-28-46(54-49(55)58)53-47(57)34-61-43-26-16-37(17-27-43)50(5,6)7)64-45(44)33-62-51(38-14-11-10-12-15-38,39-18-22-41(59-8)23-19-39)40-20-24-42(60-9)25-21-40/h10-12,14-28,30,35-36,44-45,48H,13,31-34H2,1-9H3,(H,53,54,57,58)/t44-,45+,48+,66?/m0/s1. The molecule has 1 aromatic heterocycles. The Labute approximate surface area is 389 Å². The largest absolute Gasteiger partial charge is 0.497 e. The molecule has 0 spiro atoms. The predicted octanol–water partition coefficient (Wildman–Crippen LogP) is 9.53. The van der Waals surface area contributed by atoms with Gasteiger partial charge in [0.05, 0.1) is 46.0 Å². The molecule has 1 aliphatic rings. The Hall–Kier alpha value is -5.65. The fourth-order valence-corrected chi connectivity index (χ4v) is 9.66. The highest BCUT2D eigenvalue weighted by Gasteiger charge is 2.45. The van der Waals surface area contributed by atoms with Crippen LogP contribution in [-0.2, 0) is 34.3 Å². The Bertz CT molecular complexity index is 2360. The van der Waals surface area contributed by atoms with Crippen molar-refractivity contribution in [3.05, 3.63) is 148 Å². The van der Waals surface area contributed by atoms with Crippen LogP contribution in [0.25, 0.3) is 0 Å². The third-order valence-electron chi connectivity index (χ3n) is 11.2. The average molecular weight is 920 g/mol. The molecule has 66 heavy (non-hydrogen) atoms. The van der Waals surface area contributed by atoms with Gasteiger partial charge in [-0.2, -0.15) is 10.2 Å². The first-order valence-electron chi connectivity index (χ1n) is 22.2. The Balaban J connectivity index is 1.31. The number of aromatic nitrogens is 2. The van der Waals surface area contributed by atoms with Crippen LogP contribution in [-0.4, -0.2) is 78.5 Å². The number of ether oxygens (including phenoxy) is 5. The van der Waals surface area contributed by atoms with E-state index in [1.54, 1.807) is 26.5 Å². The normalized spacial score (nSPS) is 16.9. The number of rotatable bonds is 21. The summed E-state index contributed by atoms with van der Waals surface area (Å²) in [7, 11) is 1.53. The van der Waals surface area contributed by atoms with Crippen molar-refractivity contribution in [2.75, 3.05) is 39.4 Å². The Morgan fingerprint density at radius 2 is 1.41 bits per heavy atom. The van der Waals surface area contributed by atoms with Crippen LogP contribution in [0.3, 0.4) is 0 Å². The van der Waals surface area contributed by atoms with E-state index in [4.69, 9.17) is 32.7 Å². The predicted molar refractivity (Wildman–Crippen MR) is 255 cm³/mol. The average Bonchev–Trinajstić information content (AvgIpc) is 3.70. The summed E-state index contributed by atoms with van der Waals surface area (Å²) in [4.78, 5) is 31.0. The van der Waals surface area contributed by atoms with E-state index in [1.807, 2.05) is 103 Å².